The lowest BCUT2D eigenvalue weighted by Gasteiger charge is -2.19. The summed E-state index contributed by atoms with van der Waals surface area (Å²) < 4.78 is 32.8. The lowest BCUT2D eigenvalue weighted by molar-refractivity contribution is -0.161. The Labute approximate surface area is 361 Å². The average molecular weight is 848 g/mol. The molecule has 2 atom stereocenters. The maximum atomic E-state index is 12.6. The van der Waals surface area contributed by atoms with E-state index in [0.29, 0.717) is 6.42 Å². The summed E-state index contributed by atoms with van der Waals surface area (Å²) in [6, 6.07) is 0. The number of allylic oxidation sites excluding steroid dienone is 12. The summed E-state index contributed by atoms with van der Waals surface area (Å²) >= 11 is 0. The highest BCUT2D eigenvalue weighted by atomic mass is 31.2. The van der Waals surface area contributed by atoms with Crippen LogP contribution in [-0.4, -0.2) is 49.3 Å². The summed E-state index contributed by atoms with van der Waals surface area (Å²) in [5, 5.41) is 0. The van der Waals surface area contributed by atoms with E-state index in [1.165, 1.54) is 89.9 Å². The second kappa shape index (κ2) is 45.0. The second-order valence-electron chi connectivity index (χ2n) is 15.2. The molecule has 0 aliphatic heterocycles. The minimum Gasteiger partial charge on any atom is -0.462 e. The van der Waals surface area contributed by atoms with E-state index in [0.717, 1.165) is 70.6 Å². The topological polar surface area (TPSA) is 134 Å². The van der Waals surface area contributed by atoms with Gasteiger partial charge in [0.2, 0.25) is 0 Å². The maximum Gasteiger partial charge on any atom is 0.472 e. The Balaban J connectivity index is 4.18. The third kappa shape index (κ3) is 44.8. The predicted octanol–water partition coefficient (Wildman–Crippen LogP) is 13.8. The van der Waals surface area contributed by atoms with E-state index in [1.54, 1.807) is 0 Å². The van der Waals surface area contributed by atoms with Gasteiger partial charge in [-0.05, 0) is 83.5 Å². The van der Waals surface area contributed by atoms with Crippen LogP contribution >= 0.6 is 7.82 Å². The molecule has 0 radical (unpaired) electrons. The van der Waals surface area contributed by atoms with E-state index < -0.39 is 32.5 Å². The first-order valence-corrected chi connectivity index (χ1v) is 24.9. The van der Waals surface area contributed by atoms with Crippen LogP contribution in [0.25, 0.3) is 0 Å². The number of hydrogen-bond acceptors (Lipinski definition) is 8. The molecule has 1 unspecified atom stereocenters. The molecule has 0 aliphatic rings. The van der Waals surface area contributed by atoms with Crippen LogP contribution in [-0.2, 0) is 32.7 Å². The third-order valence-corrected chi connectivity index (χ3v) is 10.6. The summed E-state index contributed by atoms with van der Waals surface area (Å²) in [5.74, 6) is -0.871. The Bertz CT molecular complexity index is 1190. The van der Waals surface area contributed by atoms with Gasteiger partial charge < -0.3 is 20.1 Å². The van der Waals surface area contributed by atoms with E-state index in [1.807, 2.05) is 0 Å². The molecule has 340 valence electrons. The molecule has 0 fully saturated rings. The normalized spacial score (nSPS) is 13.9. The van der Waals surface area contributed by atoms with Gasteiger partial charge in [0.05, 0.1) is 13.2 Å². The molecule has 0 aromatic carbocycles. The van der Waals surface area contributed by atoms with Gasteiger partial charge in [-0.2, -0.15) is 0 Å². The number of carbonyl (C=O) groups is 2. The molecule has 10 heteroatoms. The zero-order valence-corrected chi connectivity index (χ0v) is 38.4. The minimum absolute atomic E-state index is 0.0441. The van der Waals surface area contributed by atoms with Crippen LogP contribution < -0.4 is 5.73 Å². The first kappa shape index (κ1) is 56.5. The van der Waals surface area contributed by atoms with Crippen molar-refractivity contribution >= 4 is 19.8 Å². The number of rotatable bonds is 43. The summed E-state index contributed by atoms with van der Waals surface area (Å²) in [6.45, 7) is 3.57. The van der Waals surface area contributed by atoms with Gasteiger partial charge in [-0.3, -0.25) is 18.6 Å². The van der Waals surface area contributed by atoms with Crippen molar-refractivity contribution in [3.8, 4) is 0 Å². The van der Waals surface area contributed by atoms with Gasteiger partial charge >= 0.3 is 19.8 Å². The Kier molecular flexibility index (Phi) is 43.0. The van der Waals surface area contributed by atoms with E-state index >= 15 is 0 Å². The van der Waals surface area contributed by atoms with Gasteiger partial charge in [-0.25, -0.2) is 4.57 Å². The monoisotopic (exact) mass is 848 g/mol. The number of carbonyl (C=O) groups excluding carboxylic acids is 2. The zero-order valence-electron chi connectivity index (χ0n) is 37.5. The standard InChI is InChI=1S/C49H86NO8P/c1-3-5-7-9-11-13-15-17-19-21-23-25-27-29-31-33-35-37-39-41-48(51)55-45-47(46-57-59(53,54)56-44-43-50)58-49(52)42-40-38-36-34-32-30-28-26-24-22-20-18-16-14-12-10-8-6-4-2/h6,8,12,14,17-20,24,26,30,32,47H,3-5,7,9-11,13,15-16,21-23,25,27-29,31,33-46,50H2,1-2H3,(H,53,54)/b8-6-,14-12-,19-17-,20-18-,26-24-,32-30-/t47-/m1/s1. The molecule has 0 aliphatic carbocycles. The summed E-state index contributed by atoms with van der Waals surface area (Å²) in [6.07, 6.45) is 55.0. The molecule has 0 saturated heterocycles. The van der Waals surface area contributed by atoms with Gasteiger partial charge in [0.25, 0.3) is 0 Å². The molecule has 0 rings (SSSR count). The van der Waals surface area contributed by atoms with Crippen LogP contribution in [0, 0.1) is 0 Å². The predicted molar refractivity (Wildman–Crippen MR) is 247 cm³/mol. The van der Waals surface area contributed by atoms with Gasteiger partial charge in [0.15, 0.2) is 6.10 Å². The minimum atomic E-state index is -4.39. The summed E-state index contributed by atoms with van der Waals surface area (Å²) in [5.41, 5.74) is 5.35. The second-order valence-corrected chi connectivity index (χ2v) is 16.7. The fourth-order valence-corrected chi connectivity index (χ4v) is 6.89. The Hall–Kier alpha value is -2.55. The highest BCUT2D eigenvalue weighted by Crippen LogP contribution is 2.43. The third-order valence-electron chi connectivity index (χ3n) is 9.58. The van der Waals surface area contributed by atoms with E-state index in [2.05, 4.69) is 86.8 Å². The molecule has 0 aromatic rings. The number of nitrogens with two attached hydrogens (primary N) is 1. The molecule has 0 amide bonds. The quantitative estimate of drug-likeness (QED) is 0.0266. The van der Waals surface area contributed by atoms with Crippen molar-refractivity contribution in [1.82, 2.24) is 0 Å². The molecule has 0 heterocycles. The van der Waals surface area contributed by atoms with Gasteiger partial charge in [0, 0.05) is 19.4 Å². The number of phosphoric acid groups is 1. The summed E-state index contributed by atoms with van der Waals surface area (Å²) in [4.78, 5) is 35.0. The zero-order chi connectivity index (χ0) is 43.2. The highest BCUT2D eigenvalue weighted by Gasteiger charge is 2.26. The van der Waals surface area contributed by atoms with Gasteiger partial charge in [-0.1, -0.05) is 170 Å². The van der Waals surface area contributed by atoms with Crippen LogP contribution in [0.2, 0.25) is 0 Å². The Morgan fingerprint density at radius 3 is 1.42 bits per heavy atom. The fourth-order valence-electron chi connectivity index (χ4n) is 6.13. The first-order valence-electron chi connectivity index (χ1n) is 23.4. The number of unbranched alkanes of at least 4 members (excludes halogenated alkanes) is 18. The van der Waals surface area contributed by atoms with Crippen LogP contribution in [0.3, 0.4) is 0 Å². The lowest BCUT2D eigenvalue weighted by atomic mass is 10.1. The summed E-state index contributed by atoms with van der Waals surface area (Å²) in [7, 11) is -4.39. The first-order chi connectivity index (χ1) is 28.8. The van der Waals surface area contributed by atoms with E-state index in [-0.39, 0.29) is 32.6 Å². The van der Waals surface area contributed by atoms with E-state index in [9.17, 15) is 19.0 Å². The van der Waals surface area contributed by atoms with Crippen molar-refractivity contribution in [2.45, 2.75) is 200 Å². The largest absolute Gasteiger partial charge is 0.472 e. The molecule has 0 bridgehead atoms. The van der Waals surface area contributed by atoms with Crippen LogP contribution in [0.1, 0.15) is 194 Å². The number of hydrogen-bond donors (Lipinski definition) is 2. The number of esters is 2. The van der Waals surface area contributed by atoms with Crippen LogP contribution in [0.15, 0.2) is 72.9 Å². The molecule has 59 heavy (non-hydrogen) atoms. The molecule has 0 saturated carbocycles. The van der Waals surface area contributed by atoms with Crippen LogP contribution in [0.5, 0.6) is 0 Å². The van der Waals surface area contributed by atoms with E-state index in [4.69, 9.17) is 24.3 Å². The fraction of sp³-hybridized carbons (Fsp3) is 0.714. The van der Waals surface area contributed by atoms with Crippen molar-refractivity contribution in [2.75, 3.05) is 26.4 Å². The highest BCUT2D eigenvalue weighted by molar-refractivity contribution is 7.47. The van der Waals surface area contributed by atoms with Gasteiger partial charge in [-0.15, -0.1) is 0 Å². The molecular formula is C49H86NO8P. The number of phosphoric ester groups is 1. The van der Waals surface area contributed by atoms with Gasteiger partial charge in [0.1, 0.15) is 6.61 Å². The molecule has 0 spiro atoms. The molecule has 9 nitrogen and oxygen atoms in total. The smallest absolute Gasteiger partial charge is 0.462 e. The van der Waals surface area contributed by atoms with Crippen molar-refractivity contribution < 1.29 is 37.6 Å². The average Bonchev–Trinajstić information content (AvgIpc) is 3.22. The molecule has 0 aromatic heterocycles. The van der Waals surface area contributed by atoms with Crippen molar-refractivity contribution in [3.63, 3.8) is 0 Å². The van der Waals surface area contributed by atoms with Crippen molar-refractivity contribution in [3.05, 3.63) is 72.9 Å². The Morgan fingerprint density at radius 1 is 0.525 bits per heavy atom. The lowest BCUT2D eigenvalue weighted by Crippen LogP contribution is -2.29. The SMILES string of the molecule is CC/C=C\C/C=C\C/C=C\C/C=C\C/C=C\CCCCCC(=O)O[C@H](COC(=O)CCCCCCCCCCC/C=C\CCCCCCCC)COP(=O)(O)OCCN. The van der Waals surface area contributed by atoms with Crippen molar-refractivity contribution in [1.29, 1.82) is 0 Å². The van der Waals surface area contributed by atoms with Crippen molar-refractivity contribution in [2.24, 2.45) is 5.73 Å². The van der Waals surface area contributed by atoms with Crippen LogP contribution in [0.4, 0.5) is 0 Å². The maximum absolute atomic E-state index is 12.6. The Morgan fingerprint density at radius 2 is 0.932 bits per heavy atom. The molecular weight excluding hydrogens is 762 g/mol. The number of ether oxygens (including phenoxy) is 2. The molecule has 3 N–H and O–H groups in total.